The number of nitro groups is 1. The lowest BCUT2D eigenvalue weighted by Crippen LogP contribution is -2.29. The van der Waals surface area contributed by atoms with E-state index in [1.54, 1.807) is 0 Å². The normalized spacial score (nSPS) is 13.0. The van der Waals surface area contributed by atoms with E-state index in [9.17, 15) is 10.1 Å². The molecule has 1 aromatic heterocycles. The predicted molar refractivity (Wildman–Crippen MR) is 80.7 cm³/mol. The zero-order valence-electron chi connectivity index (χ0n) is 12.5. The van der Waals surface area contributed by atoms with Gasteiger partial charge in [0.25, 0.3) is 0 Å². The van der Waals surface area contributed by atoms with Crippen LogP contribution in [-0.4, -0.2) is 34.0 Å². The van der Waals surface area contributed by atoms with Crippen LogP contribution in [0.5, 0.6) is 0 Å². The second kappa shape index (κ2) is 7.41. The van der Waals surface area contributed by atoms with E-state index in [0.717, 1.165) is 6.42 Å². The van der Waals surface area contributed by atoms with E-state index in [4.69, 9.17) is 10.9 Å². The highest BCUT2D eigenvalue weighted by Crippen LogP contribution is 2.27. The highest BCUT2D eigenvalue weighted by atomic mass is 16.6. The van der Waals surface area contributed by atoms with Crippen LogP contribution in [0.3, 0.4) is 0 Å². The molecular weight excluding hydrogens is 274 g/mol. The average molecular weight is 295 g/mol. The van der Waals surface area contributed by atoms with Gasteiger partial charge in [-0.2, -0.15) is 0 Å². The molecule has 116 valence electrons. The quantitative estimate of drug-likeness (QED) is 0.261. The van der Waals surface area contributed by atoms with Crippen LogP contribution in [0.25, 0.3) is 0 Å². The van der Waals surface area contributed by atoms with Crippen LogP contribution < -0.4 is 10.6 Å². The summed E-state index contributed by atoms with van der Waals surface area (Å²) in [5, 5.41) is 22.7. The van der Waals surface area contributed by atoms with Crippen LogP contribution in [0.2, 0.25) is 0 Å². The van der Waals surface area contributed by atoms with Gasteiger partial charge in [-0.3, -0.25) is 10.1 Å². The molecule has 0 aliphatic carbocycles. The Morgan fingerprint density at radius 1 is 1.62 bits per heavy atom. The van der Waals surface area contributed by atoms with Crippen LogP contribution in [0.4, 0.5) is 11.5 Å². The highest BCUT2D eigenvalue weighted by molar-refractivity contribution is 5.97. The molecule has 0 saturated heterocycles. The van der Waals surface area contributed by atoms with E-state index < -0.39 is 4.92 Å². The van der Waals surface area contributed by atoms with Gasteiger partial charge in [0, 0.05) is 30.9 Å². The number of oxime groups is 1. The van der Waals surface area contributed by atoms with Gasteiger partial charge in [0.1, 0.15) is 0 Å². The third kappa shape index (κ3) is 4.04. The van der Waals surface area contributed by atoms with Gasteiger partial charge in [0.15, 0.2) is 5.84 Å². The van der Waals surface area contributed by atoms with Gasteiger partial charge in [-0.15, -0.1) is 0 Å². The van der Waals surface area contributed by atoms with Crippen molar-refractivity contribution in [1.29, 1.82) is 0 Å². The number of anilines is 1. The summed E-state index contributed by atoms with van der Waals surface area (Å²) in [6.45, 7) is 7.37. The second-order valence-electron chi connectivity index (χ2n) is 4.86. The Bertz CT molecular complexity index is 533. The summed E-state index contributed by atoms with van der Waals surface area (Å²) in [5.74, 6) is 0.495. The van der Waals surface area contributed by atoms with E-state index in [2.05, 4.69) is 24.0 Å². The number of hydrogen-bond acceptors (Lipinski definition) is 6. The molecule has 1 aromatic rings. The van der Waals surface area contributed by atoms with Crippen molar-refractivity contribution < 1.29 is 10.1 Å². The van der Waals surface area contributed by atoms with Gasteiger partial charge in [-0.25, -0.2) is 4.98 Å². The molecule has 1 atom stereocenters. The van der Waals surface area contributed by atoms with Crippen molar-refractivity contribution in [2.45, 2.75) is 27.2 Å². The maximum atomic E-state index is 11.3. The van der Waals surface area contributed by atoms with Crippen LogP contribution >= 0.6 is 0 Å². The van der Waals surface area contributed by atoms with Gasteiger partial charge in [-0.1, -0.05) is 25.4 Å². The Balaban J connectivity index is 3.24. The largest absolute Gasteiger partial charge is 0.409 e. The van der Waals surface area contributed by atoms with Gasteiger partial charge in [-0.05, 0) is 12.8 Å². The Hall–Kier alpha value is -2.38. The molecule has 1 rings (SSSR count). The maximum absolute atomic E-state index is 11.3. The first kappa shape index (κ1) is 16.7. The molecule has 21 heavy (non-hydrogen) atoms. The van der Waals surface area contributed by atoms with Crippen molar-refractivity contribution in [2.75, 3.05) is 18.0 Å². The van der Waals surface area contributed by atoms with Crippen molar-refractivity contribution in [3.05, 3.63) is 27.9 Å². The fourth-order valence-electron chi connectivity index (χ4n) is 1.89. The lowest BCUT2D eigenvalue weighted by atomic mass is 10.1. The number of pyridine rings is 1. The third-order valence-corrected chi connectivity index (χ3v) is 3.36. The molecule has 0 radical (unpaired) electrons. The summed E-state index contributed by atoms with van der Waals surface area (Å²) < 4.78 is 0. The summed E-state index contributed by atoms with van der Waals surface area (Å²) in [6, 6.07) is 1.27. The smallest absolute Gasteiger partial charge is 0.312 e. The van der Waals surface area contributed by atoms with Crippen LogP contribution in [0, 0.1) is 16.0 Å². The topological polar surface area (TPSA) is 118 Å². The molecule has 0 aromatic carbocycles. The first-order valence-electron chi connectivity index (χ1n) is 6.81. The molecule has 0 bridgehead atoms. The fraction of sp³-hybridized carbons (Fsp3) is 0.538. The average Bonchev–Trinajstić information content (AvgIpc) is 2.50. The first-order valence-corrected chi connectivity index (χ1v) is 6.81. The minimum Gasteiger partial charge on any atom is -0.409 e. The van der Waals surface area contributed by atoms with Crippen LogP contribution in [0.1, 0.15) is 32.8 Å². The van der Waals surface area contributed by atoms with E-state index in [0.29, 0.717) is 24.8 Å². The highest BCUT2D eigenvalue weighted by Gasteiger charge is 2.23. The Morgan fingerprint density at radius 3 is 2.76 bits per heavy atom. The number of nitrogens with zero attached hydrogens (tertiary/aromatic N) is 4. The molecule has 1 heterocycles. The Labute approximate surface area is 123 Å². The summed E-state index contributed by atoms with van der Waals surface area (Å²) in [4.78, 5) is 16.8. The standard InChI is InChI=1S/C13H21N5O3/c1-4-9(3)8-17(5-2)13-11(18(20)21)6-10(7-15-13)12(14)16-19/h6-7,9,19H,4-5,8H2,1-3H3,(H2,14,16). The van der Waals surface area contributed by atoms with Crippen LogP contribution in [0.15, 0.2) is 17.4 Å². The summed E-state index contributed by atoms with van der Waals surface area (Å²) in [5.41, 5.74) is 5.51. The van der Waals surface area contributed by atoms with E-state index in [1.807, 2.05) is 11.8 Å². The second-order valence-corrected chi connectivity index (χ2v) is 4.86. The van der Waals surface area contributed by atoms with Crippen molar-refractivity contribution >= 4 is 17.3 Å². The molecular formula is C13H21N5O3. The zero-order chi connectivity index (χ0) is 16.0. The van der Waals surface area contributed by atoms with Gasteiger partial charge in [0.05, 0.1) is 4.92 Å². The molecule has 0 aliphatic rings. The SMILES string of the molecule is CCC(C)CN(CC)c1ncc(C(N)=NO)cc1[N+](=O)[O-]. The van der Waals surface area contributed by atoms with Gasteiger partial charge >= 0.3 is 5.69 Å². The number of rotatable bonds is 7. The van der Waals surface area contributed by atoms with Gasteiger partial charge in [0.2, 0.25) is 5.82 Å². The molecule has 8 heteroatoms. The van der Waals surface area contributed by atoms with Crippen molar-refractivity contribution in [3.63, 3.8) is 0 Å². The van der Waals surface area contributed by atoms with Crippen molar-refractivity contribution in [1.82, 2.24) is 4.98 Å². The lowest BCUT2D eigenvalue weighted by Gasteiger charge is -2.24. The van der Waals surface area contributed by atoms with Crippen LogP contribution in [-0.2, 0) is 0 Å². The fourth-order valence-corrected chi connectivity index (χ4v) is 1.89. The summed E-state index contributed by atoms with van der Waals surface area (Å²) in [7, 11) is 0. The number of hydrogen-bond donors (Lipinski definition) is 2. The molecule has 0 spiro atoms. The zero-order valence-corrected chi connectivity index (χ0v) is 12.5. The van der Waals surface area contributed by atoms with E-state index >= 15 is 0 Å². The molecule has 0 fully saturated rings. The molecule has 1 unspecified atom stereocenters. The van der Waals surface area contributed by atoms with E-state index in [1.165, 1.54) is 12.3 Å². The lowest BCUT2D eigenvalue weighted by molar-refractivity contribution is -0.384. The summed E-state index contributed by atoms with van der Waals surface area (Å²) >= 11 is 0. The number of aromatic nitrogens is 1. The van der Waals surface area contributed by atoms with E-state index in [-0.39, 0.29) is 17.1 Å². The van der Waals surface area contributed by atoms with Gasteiger partial charge < -0.3 is 15.8 Å². The third-order valence-electron chi connectivity index (χ3n) is 3.36. The number of amidine groups is 1. The first-order chi connectivity index (χ1) is 9.94. The minimum atomic E-state index is -0.504. The minimum absolute atomic E-state index is 0.149. The molecule has 0 saturated carbocycles. The van der Waals surface area contributed by atoms with Crippen molar-refractivity contribution in [2.24, 2.45) is 16.8 Å². The molecule has 0 aliphatic heterocycles. The Kier molecular flexibility index (Phi) is 5.89. The van der Waals surface area contributed by atoms with Crippen molar-refractivity contribution in [3.8, 4) is 0 Å². The molecule has 0 amide bonds. The molecule has 3 N–H and O–H groups in total. The number of nitrogens with two attached hydrogens (primary N) is 1. The Morgan fingerprint density at radius 2 is 2.29 bits per heavy atom. The summed E-state index contributed by atoms with van der Waals surface area (Å²) in [6.07, 6.45) is 2.35. The maximum Gasteiger partial charge on any atom is 0.312 e. The predicted octanol–water partition coefficient (Wildman–Crippen LogP) is 1.96. The monoisotopic (exact) mass is 295 g/mol. The molecule has 8 nitrogen and oxygen atoms in total.